The minimum atomic E-state index is 0.388. The Kier molecular flexibility index (Phi) is 6.45. The molecule has 1 aromatic heterocycles. The lowest BCUT2D eigenvalue weighted by Gasteiger charge is -2.34. The highest BCUT2D eigenvalue weighted by atomic mass is 16.5. The maximum Gasteiger partial charge on any atom is 0.213 e. The molecule has 0 aromatic carbocycles. The molecule has 0 radical (unpaired) electrons. The highest BCUT2D eigenvalue weighted by Gasteiger charge is 2.21. The van der Waals surface area contributed by atoms with Crippen molar-refractivity contribution in [1.29, 1.82) is 0 Å². The molecule has 122 valence electrons. The molecule has 1 aliphatic heterocycles. The topological polar surface area (TPSA) is 59.0 Å². The highest BCUT2D eigenvalue weighted by Crippen LogP contribution is 2.14. The first-order valence-corrected chi connectivity index (χ1v) is 7.84. The summed E-state index contributed by atoms with van der Waals surface area (Å²) in [6, 6.07) is 5.76. The number of hydrogen-bond donors (Lipinski definition) is 1. The lowest BCUT2D eigenvalue weighted by Crippen LogP contribution is -2.46. The Labute approximate surface area is 132 Å². The normalized spacial score (nSPS) is 16.7. The molecule has 1 fully saturated rings. The van der Waals surface area contributed by atoms with Crippen LogP contribution >= 0.6 is 0 Å². The van der Waals surface area contributed by atoms with Gasteiger partial charge in [0.25, 0.3) is 0 Å². The van der Waals surface area contributed by atoms with E-state index in [1.54, 1.807) is 7.11 Å². The van der Waals surface area contributed by atoms with Crippen molar-refractivity contribution in [3.63, 3.8) is 0 Å². The van der Waals surface area contributed by atoms with Crippen LogP contribution in [0.5, 0.6) is 5.88 Å². The Balaban J connectivity index is 1.85. The Morgan fingerprint density at radius 1 is 1.41 bits per heavy atom. The molecule has 0 bridgehead atoms. The number of likely N-dealkylation sites (tertiary alicyclic amines) is 1. The lowest BCUT2D eigenvalue weighted by atomic mass is 10.1. The van der Waals surface area contributed by atoms with E-state index in [1.807, 2.05) is 32.2 Å². The zero-order chi connectivity index (χ0) is 15.8. The van der Waals surface area contributed by atoms with Crippen LogP contribution in [0.15, 0.2) is 23.2 Å². The number of guanidine groups is 1. The minimum Gasteiger partial charge on any atom is -0.481 e. The number of ether oxygens (including phenoxy) is 2. The standard InChI is InChI=1S/C16H26N4O2/c1-4-22-14-8-10-20(11-9-14)16(17-2)18-12-13-6-5-7-15(19-13)21-3/h5-7,14H,4,8-12H2,1-3H3,(H,17,18). The van der Waals surface area contributed by atoms with E-state index >= 15 is 0 Å². The van der Waals surface area contributed by atoms with Crippen LogP contribution in [0.1, 0.15) is 25.5 Å². The van der Waals surface area contributed by atoms with E-state index in [9.17, 15) is 0 Å². The van der Waals surface area contributed by atoms with Crippen LogP contribution in [0.25, 0.3) is 0 Å². The molecule has 0 aliphatic carbocycles. The van der Waals surface area contributed by atoms with Gasteiger partial charge in [-0.15, -0.1) is 0 Å². The van der Waals surface area contributed by atoms with Crippen molar-refractivity contribution < 1.29 is 9.47 Å². The van der Waals surface area contributed by atoms with Gasteiger partial charge in [-0.3, -0.25) is 4.99 Å². The van der Waals surface area contributed by atoms with Crippen LogP contribution in [0.2, 0.25) is 0 Å². The third-order valence-corrected chi connectivity index (χ3v) is 3.77. The molecule has 6 nitrogen and oxygen atoms in total. The summed E-state index contributed by atoms with van der Waals surface area (Å²) < 4.78 is 10.8. The van der Waals surface area contributed by atoms with E-state index in [0.29, 0.717) is 18.5 Å². The first kappa shape index (κ1) is 16.5. The van der Waals surface area contributed by atoms with Crippen LogP contribution in [-0.2, 0) is 11.3 Å². The summed E-state index contributed by atoms with van der Waals surface area (Å²) in [6.45, 7) is 5.41. The van der Waals surface area contributed by atoms with Crippen molar-refractivity contribution in [3.8, 4) is 5.88 Å². The van der Waals surface area contributed by atoms with Gasteiger partial charge in [0.05, 0.1) is 25.5 Å². The first-order chi connectivity index (χ1) is 10.8. The van der Waals surface area contributed by atoms with Gasteiger partial charge in [0, 0.05) is 32.8 Å². The maximum absolute atomic E-state index is 5.69. The predicted octanol–water partition coefficient (Wildman–Crippen LogP) is 1.67. The Bertz CT molecular complexity index is 485. The molecule has 1 aliphatic rings. The quantitative estimate of drug-likeness (QED) is 0.662. The summed E-state index contributed by atoms with van der Waals surface area (Å²) in [5.41, 5.74) is 0.935. The zero-order valence-electron chi connectivity index (χ0n) is 13.7. The third kappa shape index (κ3) is 4.59. The van der Waals surface area contributed by atoms with Gasteiger partial charge in [-0.1, -0.05) is 6.07 Å². The summed E-state index contributed by atoms with van der Waals surface area (Å²) >= 11 is 0. The number of aliphatic imine (C=N–C) groups is 1. The molecule has 6 heteroatoms. The smallest absolute Gasteiger partial charge is 0.213 e. The van der Waals surface area contributed by atoms with Crippen molar-refractivity contribution in [2.75, 3.05) is 33.9 Å². The van der Waals surface area contributed by atoms with Gasteiger partial charge in [0.15, 0.2) is 5.96 Å². The van der Waals surface area contributed by atoms with Crippen LogP contribution in [0.4, 0.5) is 0 Å². The number of nitrogens with one attached hydrogen (secondary N) is 1. The minimum absolute atomic E-state index is 0.388. The molecule has 0 saturated carbocycles. The van der Waals surface area contributed by atoms with Crippen molar-refractivity contribution >= 4 is 5.96 Å². The molecule has 2 rings (SSSR count). The lowest BCUT2D eigenvalue weighted by molar-refractivity contribution is 0.0263. The largest absolute Gasteiger partial charge is 0.481 e. The van der Waals surface area contributed by atoms with Crippen LogP contribution in [0.3, 0.4) is 0 Å². The number of rotatable bonds is 5. The summed E-state index contributed by atoms with van der Waals surface area (Å²) in [5, 5.41) is 3.37. The molecule has 0 atom stereocenters. The Morgan fingerprint density at radius 3 is 2.82 bits per heavy atom. The monoisotopic (exact) mass is 306 g/mol. The average Bonchev–Trinajstić information content (AvgIpc) is 2.57. The van der Waals surface area contributed by atoms with E-state index in [1.165, 1.54) is 0 Å². The van der Waals surface area contributed by atoms with Crippen LogP contribution < -0.4 is 10.1 Å². The SMILES string of the molecule is CCOC1CCN(C(=NC)NCc2cccc(OC)n2)CC1. The number of pyridine rings is 1. The molecular weight excluding hydrogens is 280 g/mol. The Morgan fingerprint density at radius 2 is 2.18 bits per heavy atom. The number of methoxy groups -OCH3 is 1. The number of piperidine rings is 1. The van der Waals surface area contributed by atoms with Gasteiger partial charge in [0.2, 0.25) is 5.88 Å². The highest BCUT2D eigenvalue weighted by molar-refractivity contribution is 5.79. The molecule has 1 saturated heterocycles. The molecular formula is C16H26N4O2. The van der Waals surface area contributed by atoms with Gasteiger partial charge in [-0.05, 0) is 25.8 Å². The molecule has 0 unspecified atom stereocenters. The van der Waals surface area contributed by atoms with Crippen molar-refractivity contribution in [3.05, 3.63) is 23.9 Å². The summed E-state index contributed by atoms with van der Waals surface area (Å²) in [4.78, 5) is 11.0. The fourth-order valence-electron chi connectivity index (χ4n) is 2.64. The second-order valence-electron chi connectivity index (χ2n) is 5.21. The predicted molar refractivity (Wildman–Crippen MR) is 87.2 cm³/mol. The van der Waals surface area contributed by atoms with Crippen molar-refractivity contribution in [2.45, 2.75) is 32.4 Å². The molecule has 2 heterocycles. The number of aromatic nitrogens is 1. The van der Waals surface area contributed by atoms with Crippen LogP contribution in [0, 0.1) is 0 Å². The average molecular weight is 306 g/mol. The molecule has 1 N–H and O–H groups in total. The molecule has 22 heavy (non-hydrogen) atoms. The fourth-order valence-corrected chi connectivity index (χ4v) is 2.64. The van der Waals surface area contributed by atoms with E-state index < -0.39 is 0 Å². The summed E-state index contributed by atoms with van der Waals surface area (Å²) in [7, 11) is 3.44. The van der Waals surface area contributed by atoms with E-state index in [0.717, 1.165) is 44.2 Å². The van der Waals surface area contributed by atoms with E-state index in [-0.39, 0.29) is 0 Å². The van der Waals surface area contributed by atoms with E-state index in [2.05, 4.69) is 20.2 Å². The van der Waals surface area contributed by atoms with Crippen molar-refractivity contribution in [2.24, 2.45) is 4.99 Å². The van der Waals surface area contributed by atoms with Crippen molar-refractivity contribution in [1.82, 2.24) is 15.2 Å². The van der Waals surface area contributed by atoms with Gasteiger partial charge in [-0.25, -0.2) is 4.98 Å². The Hall–Kier alpha value is -1.82. The molecule has 0 spiro atoms. The van der Waals surface area contributed by atoms with Gasteiger partial charge < -0.3 is 19.7 Å². The van der Waals surface area contributed by atoms with Gasteiger partial charge in [-0.2, -0.15) is 0 Å². The first-order valence-electron chi connectivity index (χ1n) is 7.84. The van der Waals surface area contributed by atoms with Gasteiger partial charge >= 0.3 is 0 Å². The fraction of sp³-hybridized carbons (Fsp3) is 0.625. The third-order valence-electron chi connectivity index (χ3n) is 3.77. The summed E-state index contributed by atoms with van der Waals surface area (Å²) in [5.74, 6) is 1.55. The van der Waals surface area contributed by atoms with E-state index in [4.69, 9.17) is 9.47 Å². The second kappa shape index (κ2) is 8.58. The maximum atomic E-state index is 5.69. The summed E-state index contributed by atoms with van der Waals surface area (Å²) in [6.07, 6.45) is 2.48. The van der Waals surface area contributed by atoms with Gasteiger partial charge in [0.1, 0.15) is 0 Å². The second-order valence-corrected chi connectivity index (χ2v) is 5.21. The zero-order valence-corrected chi connectivity index (χ0v) is 13.7. The number of hydrogen-bond acceptors (Lipinski definition) is 4. The molecule has 0 amide bonds. The molecule has 1 aromatic rings. The number of nitrogens with zero attached hydrogens (tertiary/aromatic N) is 3. The van der Waals surface area contributed by atoms with Crippen LogP contribution in [-0.4, -0.2) is 55.8 Å².